The number of nitrogens with zero attached hydrogens (tertiary/aromatic N) is 3. The molecule has 12 rings (SSSR count). The average molecular weight is 1770 g/mol. The van der Waals surface area contributed by atoms with Crippen LogP contribution >= 0.6 is 0 Å². The maximum atomic E-state index is 14.3. The maximum absolute atomic E-state index is 14.3. The topological polar surface area (TPSA) is 255 Å². The zero-order valence-corrected chi connectivity index (χ0v) is 73.8. The summed E-state index contributed by atoms with van der Waals surface area (Å²) >= 11 is 0. The van der Waals surface area contributed by atoms with Gasteiger partial charge < -0.3 is 60.9 Å². The van der Waals surface area contributed by atoms with Crippen molar-refractivity contribution in [1.29, 1.82) is 0 Å². The molecule has 18 nitrogen and oxygen atoms in total. The Bertz CT molecular complexity index is 5650. The lowest BCUT2D eigenvalue weighted by Crippen LogP contribution is -2.35. The number of nitrogens with two attached hydrogens (primary N) is 3. The number of benzene rings is 12. The molecule has 0 aliphatic rings. The quantitative estimate of drug-likeness (QED) is 0.0194. The SMILES string of the molecule is Cc1cccc(COc2ccccc2CN(CC[C@H](N)C(=O)O)Cc2c(OCc3cccc(C)c3)cccc2C(F)(F)F)c1.Cc1cccc(COc2ccccc2CN(CC[C@H](N)C(=O)O)Cc2cc(C(F)(F)F)ccc2OCc2cccc(C)c2)c1.Cc1cccc(COc2ccccc2CN(CC[C@H](N)C(=O)O)Cc2ccc(C)cc2OCc2cccc(C)c2)c1. The minimum absolute atomic E-state index is 0.0327. The fourth-order valence-corrected chi connectivity index (χ4v) is 14.6. The number of carbonyl (C=O) groups is 3. The van der Waals surface area contributed by atoms with Crippen LogP contribution in [0.5, 0.6) is 34.5 Å². The number of carboxylic acids is 3. The third-order valence-electron chi connectivity index (χ3n) is 21.4. The molecule has 0 bridgehead atoms. The number of hydrogen-bond donors (Lipinski definition) is 6. The van der Waals surface area contributed by atoms with Crippen molar-refractivity contribution in [3.63, 3.8) is 0 Å². The van der Waals surface area contributed by atoms with Gasteiger partial charge in [0.25, 0.3) is 0 Å². The van der Waals surface area contributed by atoms with E-state index in [9.17, 15) is 56.0 Å². The van der Waals surface area contributed by atoms with Crippen molar-refractivity contribution in [1.82, 2.24) is 14.7 Å². The van der Waals surface area contributed by atoms with Crippen LogP contribution in [0.25, 0.3) is 0 Å². The first-order valence-electron chi connectivity index (χ1n) is 42.7. The molecular weight excluding hydrogens is 1650 g/mol. The highest BCUT2D eigenvalue weighted by molar-refractivity contribution is 5.74. The van der Waals surface area contributed by atoms with E-state index < -0.39 is 59.5 Å². The Morgan fingerprint density at radius 2 is 0.558 bits per heavy atom. The van der Waals surface area contributed by atoms with Crippen molar-refractivity contribution in [3.8, 4) is 34.5 Å². The van der Waals surface area contributed by atoms with Crippen LogP contribution in [0.2, 0.25) is 0 Å². The highest BCUT2D eigenvalue weighted by Gasteiger charge is 2.36. The van der Waals surface area contributed by atoms with E-state index in [0.29, 0.717) is 75.3 Å². The Morgan fingerprint density at radius 3 is 0.876 bits per heavy atom. The summed E-state index contributed by atoms with van der Waals surface area (Å²) in [6, 6.07) is 80.9. The van der Waals surface area contributed by atoms with Gasteiger partial charge in [0.15, 0.2) is 0 Å². The number of ether oxygens (including phenoxy) is 6. The van der Waals surface area contributed by atoms with Crippen LogP contribution < -0.4 is 45.6 Å². The highest BCUT2D eigenvalue weighted by atomic mass is 19.4. The number of carboxylic acid groups (broad SMARTS) is 3. The Morgan fingerprint density at radius 1 is 0.287 bits per heavy atom. The molecule has 0 saturated heterocycles. The van der Waals surface area contributed by atoms with Crippen LogP contribution in [0.3, 0.4) is 0 Å². The molecule has 9 N–H and O–H groups in total. The minimum atomic E-state index is -4.63. The average Bonchev–Trinajstić information content (AvgIpc) is 0.798. The van der Waals surface area contributed by atoms with Gasteiger partial charge in [0, 0.05) is 92.3 Å². The summed E-state index contributed by atoms with van der Waals surface area (Å²) in [6.45, 7) is 18.3. The third-order valence-corrected chi connectivity index (χ3v) is 21.4. The fraction of sp³-hybridized carbons (Fsp3) is 0.286. The van der Waals surface area contributed by atoms with E-state index in [0.717, 1.165) is 113 Å². The number of rotatable bonds is 42. The number of aryl methyl sites for hydroxylation is 7. The molecule has 0 heterocycles. The Labute approximate surface area is 751 Å². The second-order valence-corrected chi connectivity index (χ2v) is 32.5. The van der Waals surface area contributed by atoms with E-state index >= 15 is 0 Å². The van der Waals surface area contributed by atoms with E-state index in [-0.39, 0.29) is 76.6 Å². The molecule has 0 unspecified atom stereocenters. The monoisotopic (exact) mass is 1760 g/mol. The number of aliphatic carboxylic acids is 3. The van der Waals surface area contributed by atoms with Gasteiger partial charge in [0.1, 0.15) is 92.3 Å². The smallest absolute Gasteiger partial charge is 0.416 e. The van der Waals surface area contributed by atoms with Gasteiger partial charge in [-0.25, -0.2) is 0 Å². The summed E-state index contributed by atoms with van der Waals surface area (Å²) < 4.78 is 121. The summed E-state index contributed by atoms with van der Waals surface area (Å²) in [7, 11) is 0. The zero-order chi connectivity index (χ0) is 92.6. The second-order valence-electron chi connectivity index (χ2n) is 32.5. The van der Waals surface area contributed by atoms with Gasteiger partial charge in [0.2, 0.25) is 0 Å². The Hall–Kier alpha value is -12.8. The summed E-state index contributed by atoms with van der Waals surface area (Å²) in [6.07, 6.45) is -8.71. The molecule has 678 valence electrons. The first-order chi connectivity index (χ1) is 61.7. The molecule has 0 spiro atoms. The van der Waals surface area contributed by atoms with Crippen molar-refractivity contribution in [2.24, 2.45) is 17.2 Å². The summed E-state index contributed by atoms with van der Waals surface area (Å²) in [5.41, 5.74) is 33.5. The standard InChI is InChI=1S/2C35H37F3N2O4.C35H40N2O4/c1-24-8-5-10-26(18-24)22-43-32-14-4-3-12-28(32)20-40(17-16-31(39)34(41)42)21-29-30(35(36,37)38)13-7-15-33(29)44-23-27-11-6-9-25(2)19-27;1-24-7-5-9-26(17-24)22-43-32-12-4-3-11-28(32)20-40(16-15-31(39)34(41)42)21-29-19-30(35(36,37)38)13-14-33(29)44-23-27-10-6-8-25(2)18-27;1-25-8-6-10-28(18-25)23-40-33-13-5-4-12-30(33)21-37(17-16-32(36)35(38)39)22-31-15-14-27(3)20-34(31)41-24-29-11-7-9-26(2)19-29/h3-15,18-19,31H,16-17,20-23,39H2,1-2H3,(H,41,42);3-14,17-19,31H,15-16,20-23,39H2,1-2H3,(H,41,42);4-15,18-20,32H,16-17,21-24,36H2,1-3H3,(H,38,39)/t2*31-;32-/m000/s1. The van der Waals surface area contributed by atoms with E-state index in [4.69, 9.17) is 45.6 Å². The number of hydrogen-bond acceptors (Lipinski definition) is 15. The molecule has 0 amide bonds. The molecule has 0 radical (unpaired) electrons. The first-order valence-corrected chi connectivity index (χ1v) is 42.7. The molecule has 129 heavy (non-hydrogen) atoms. The molecule has 12 aromatic carbocycles. The summed E-state index contributed by atoms with van der Waals surface area (Å²) in [5.74, 6) is -0.0523. The number of para-hydroxylation sites is 3. The Kier molecular flexibility index (Phi) is 36.9. The van der Waals surface area contributed by atoms with E-state index in [1.807, 2.05) is 209 Å². The lowest BCUT2D eigenvalue weighted by atomic mass is 10.0. The van der Waals surface area contributed by atoms with Crippen LogP contribution in [-0.2, 0) is 106 Å². The van der Waals surface area contributed by atoms with Crippen LogP contribution in [0.15, 0.2) is 273 Å². The largest absolute Gasteiger partial charge is 0.489 e. The molecular formula is C105H114F6N6O12. The van der Waals surface area contributed by atoms with Gasteiger partial charge in [0.05, 0.1) is 11.1 Å². The lowest BCUT2D eigenvalue weighted by Gasteiger charge is -2.27. The molecule has 0 fully saturated rings. The predicted octanol–water partition coefficient (Wildman–Crippen LogP) is 21.1. The van der Waals surface area contributed by atoms with Gasteiger partial charge in [-0.2, -0.15) is 26.3 Å². The maximum Gasteiger partial charge on any atom is 0.416 e. The number of alkyl halides is 6. The second kappa shape index (κ2) is 48.4. The summed E-state index contributed by atoms with van der Waals surface area (Å²) in [5, 5.41) is 28.2. The van der Waals surface area contributed by atoms with Crippen LogP contribution in [0.4, 0.5) is 26.3 Å². The third kappa shape index (κ3) is 32.5. The molecule has 0 aromatic heterocycles. The van der Waals surface area contributed by atoms with Crippen LogP contribution in [-0.4, -0.2) is 85.7 Å². The predicted molar refractivity (Wildman–Crippen MR) is 489 cm³/mol. The molecule has 0 aliphatic heterocycles. The number of halogens is 6. The Balaban J connectivity index is 0.000000201. The van der Waals surface area contributed by atoms with Gasteiger partial charge in [-0.3, -0.25) is 29.1 Å². The van der Waals surface area contributed by atoms with Gasteiger partial charge in [-0.1, -0.05) is 252 Å². The first kappa shape index (κ1) is 98.4. The summed E-state index contributed by atoms with van der Waals surface area (Å²) in [4.78, 5) is 40.3. The van der Waals surface area contributed by atoms with Crippen molar-refractivity contribution < 1.29 is 84.5 Å². The molecule has 3 atom stereocenters. The fourth-order valence-electron chi connectivity index (χ4n) is 14.6. The van der Waals surface area contributed by atoms with Crippen LogP contribution in [0.1, 0.15) is 136 Å². The van der Waals surface area contributed by atoms with Crippen molar-refractivity contribution in [2.45, 2.75) is 177 Å². The molecule has 12 aromatic rings. The lowest BCUT2D eigenvalue weighted by molar-refractivity contribution is -0.139. The zero-order valence-electron chi connectivity index (χ0n) is 73.8. The van der Waals surface area contributed by atoms with Crippen molar-refractivity contribution in [3.05, 3.63) is 390 Å². The van der Waals surface area contributed by atoms with Gasteiger partial charge in [-0.15, -0.1) is 0 Å². The molecule has 0 saturated carbocycles. The normalized spacial score (nSPS) is 12.1. The van der Waals surface area contributed by atoms with Crippen molar-refractivity contribution >= 4 is 17.9 Å². The molecule has 24 heteroatoms. The van der Waals surface area contributed by atoms with Gasteiger partial charge in [-0.05, 0) is 161 Å². The molecule has 0 aliphatic carbocycles. The van der Waals surface area contributed by atoms with E-state index in [1.165, 1.54) is 29.3 Å². The highest BCUT2D eigenvalue weighted by Crippen LogP contribution is 2.40. The van der Waals surface area contributed by atoms with Crippen molar-refractivity contribution in [2.75, 3.05) is 19.6 Å². The van der Waals surface area contributed by atoms with E-state index in [2.05, 4.69) is 86.3 Å². The van der Waals surface area contributed by atoms with Crippen LogP contribution in [0, 0.1) is 48.5 Å². The van der Waals surface area contributed by atoms with Gasteiger partial charge >= 0.3 is 30.3 Å². The minimum Gasteiger partial charge on any atom is -0.489 e. The van der Waals surface area contributed by atoms with E-state index in [1.54, 1.807) is 4.90 Å².